The maximum Gasteiger partial charge on any atom is 0.418 e. The maximum atomic E-state index is 13.0. The van der Waals surface area contributed by atoms with E-state index in [1.165, 1.54) is 6.07 Å². The number of anilines is 1. The van der Waals surface area contributed by atoms with Crippen LogP contribution >= 0.6 is 0 Å². The summed E-state index contributed by atoms with van der Waals surface area (Å²) in [7, 11) is 3.40. The van der Waals surface area contributed by atoms with Crippen LogP contribution in [0.15, 0.2) is 18.2 Å². The fourth-order valence-corrected chi connectivity index (χ4v) is 1.91. The summed E-state index contributed by atoms with van der Waals surface area (Å²) in [6.07, 6.45) is -3.51. The quantitative estimate of drug-likeness (QED) is 0.874. The van der Waals surface area contributed by atoms with Crippen molar-refractivity contribution in [1.29, 1.82) is 0 Å². The molecule has 0 fully saturated rings. The van der Waals surface area contributed by atoms with Crippen molar-refractivity contribution in [1.82, 2.24) is 5.32 Å². The summed E-state index contributed by atoms with van der Waals surface area (Å²) in [4.78, 5) is 1.64. The molecule has 0 spiro atoms. The molecule has 18 heavy (non-hydrogen) atoms. The first kappa shape index (κ1) is 14.8. The molecule has 1 aromatic rings. The van der Waals surface area contributed by atoms with Crippen molar-refractivity contribution in [3.05, 3.63) is 29.3 Å². The highest BCUT2D eigenvalue weighted by Gasteiger charge is 2.34. The number of nitrogens with one attached hydrogen (secondary N) is 1. The average Bonchev–Trinajstić information content (AvgIpc) is 2.28. The van der Waals surface area contributed by atoms with E-state index < -0.39 is 11.7 Å². The second-order valence-electron chi connectivity index (χ2n) is 4.30. The minimum atomic E-state index is -4.32. The normalized spacial score (nSPS) is 11.7. The maximum absolute atomic E-state index is 13.0. The Morgan fingerprint density at radius 1 is 1.28 bits per heavy atom. The lowest BCUT2D eigenvalue weighted by Crippen LogP contribution is -2.22. The monoisotopic (exact) mass is 260 g/mol. The van der Waals surface area contributed by atoms with Crippen LogP contribution in [0.3, 0.4) is 0 Å². The van der Waals surface area contributed by atoms with E-state index >= 15 is 0 Å². The van der Waals surface area contributed by atoms with E-state index in [-0.39, 0.29) is 5.69 Å². The molecule has 1 rings (SSSR count). The molecule has 0 aliphatic carbocycles. The highest BCUT2D eigenvalue weighted by Crippen LogP contribution is 2.37. The van der Waals surface area contributed by atoms with Crippen LogP contribution in [0.1, 0.15) is 24.5 Å². The van der Waals surface area contributed by atoms with Crippen LogP contribution in [-0.2, 0) is 12.7 Å². The summed E-state index contributed by atoms with van der Waals surface area (Å²) in [5.41, 5.74) is 0.314. The Bertz CT molecular complexity index is 388. The molecular weight excluding hydrogens is 241 g/mol. The third kappa shape index (κ3) is 3.63. The van der Waals surface area contributed by atoms with Gasteiger partial charge in [0.2, 0.25) is 0 Å². The lowest BCUT2D eigenvalue weighted by atomic mass is 10.1. The van der Waals surface area contributed by atoms with Gasteiger partial charge in [0.1, 0.15) is 0 Å². The van der Waals surface area contributed by atoms with Gasteiger partial charge >= 0.3 is 6.18 Å². The highest BCUT2D eigenvalue weighted by atomic mass is 19.4. The molecule has 5 heteroatoms. The van der Waals surface area contributed by atoms with E-state index in [4.69, 9.17) is 0 Å². The van der Waals surface area contributed by atoms with Crippen LogP contribution in [0.4, 0.5) is 18.9 Å². The molecule has 0 saturated carbocycles. The van der Waals surface area contributed by atoms with E-state index in [9.17, 15) is 13.2 Å². The zero-order valence-corrected chi connectivity index (χ0v) is 10.9. The van der Waals surface area contributed by atoms with Gasteiger partial charge in [-0.15, -0.1) is 0 Å². The molecular formula is C13H19F3N2. The molecule has 0 aliphatic rings. The minimum absolute atomic E-state index is 0.240. The van der Waals surface area contributed by atoms with E-state index in [2.05, 4.69) is 5.32 Å². The predicted octanol–water partition coefficient (Wildman–Crippen LogP) is 3.27. The van der Waals surface area contributed by atoms with Crippen LogP contribution in [0.5, 0.6) is 0 Å². The summed E-state index contributed by atoms with van der Waals surface area (Å²) in [6, 6.07) is 4.50. The highest BCUT2D eigenvalue weighted by molar-refractivity contribution is 5.56. The molecule has 0 radical (unpaired) electrons. The van der Waals surface area contributed by atoms with Crippen LogP contribution < -0.4 is 10.2 Å². The number of rotatable bonds is 5. The molecule has 0 heterocycles. The van der Waals surface area contributed by atoms with Gasteiger partial charge < -0.3 is 10.2 Å². The summed E-state index contributed by atoms with van der Waals surface area (Å²) in [6.45, 7) is 2.98. The van der Waals surface area contributed by atoms with Crippen LogP contribution in [0.2, 0.25) is 0 Å². The fraction of sp³-hybridized carbons (Fsp3) is 0.538. The Morgan fingerprint density at radius 2 is 1.94 bits per heavy atom. The van der Waals surface area contributed by atoms with Crippen molar-refractivity contribution in [2.45, 2.75) is 26.1 Å². The van der Waals surface area contributed by atoms with Crippen molar-refractivity contribution < 1.29 is 13.2 Å². The number of nitrogens with zero attached hydrogens (tertiary/aromatic N) is 1. The van der Waals surface area contributed by atoms with Gasteiger partial charge in [-0.2, -0.15) is 13.2 Å². The topological polar surface area (TPSA) is 15.3 Å². The van der Waals surface area contributed by atoms with Crippen molar-refractivity contribution in [2.24, 2.45) is 0 Å². The molecule has 0 amide bonds. The van der Waals surface area contributed by atoms with Gasteiger partial charge in [-0.3, -0.25) is 0 Å². The summed E-state index contributed by atoms with van der Waals surface area (Å²) in [5, 5.41) is 2.86. The smallest absolute Gasteiger partial charge is 0.374 e. The number of hydrogen-bond donors (Lipinski definition) is 1. The first-order chi connectivity index (χ1) is 8.40. The van der Waals surface area contributed by atoms with Crippen molar-refractivity contribution >= 4 is 5.69 Å². The molecule has 1 aromatic carbocycles. The van der Waals surface area contributed by atoms with Gasteiger partial charge in [0.15, 0.2) is 0 Å². The lowest BCUT2D eigenvalue weighted by molar-refractivity contribution is -0.137. The van der Waals surface area contributed by atoms with Crippen LogP contribution in [-0.4, -0.2) is 20.6 Å². The van der Waals surface area contributed by atoms with Crippen molar-refractivity contribution in [3.8, 4) is 0 Å². The largest absolute Gasteiger partial charge is 0.418 e. The molecule has 0 aromatic heterocycles. The Balaban J connectivity index is 3.17. The molecule has 2 nitrogen and oxygen atoms in total. The van der Waals surface area contributed by atoms with E-state index in [1.807, 2.05) is 6.92 Å². The van der Waals surface area contributed by atoms with Gasteiger partial charge in [0, 0.05) is 25.8 Å². The van der Waals surface area contributed by atoms with Gasteiger partial charge in [0.25, 0.3) is 0 Å². The van der Waals surface area contributed by atoms with E-state index in [1.54, 1.807) is 31.1 Å². The van der Waals surface area contributed by atoms with Crippen molar-refractivity contribution in [3.63, 3.8) is 0 Å². The molecule has 0 aliphatic heterocycles. The lowest BCUT2D eigenvalue weighted by Gasteiger charge is -2.23. The second kappa shape index (κ2) is 6.09. The zero-order chi connectivity index (χ0) is 13.8. The summed E-state index contributed by atoms with van der Waals surface area (Å²) >= 11 is 0. The number of hydrogen-bond acceptors (Lipinski definition) is 2. The molecule has 0 unspecified atom stereocenters. The fourth-order valence-electron chi connectivity index (χ4n) is 1.91. The Labute approximate surface area is 106 Å². The SMILES string of the molecule is CCCN(C)c1ccc(CNC)cc1C(F)(F)F. The number of alkyl halides is 3. The van der Waals surface area contributed by atoms with Gasteiger partial charge in [-0.05, 0) is 31.2 Å². The Hall–Kier alpha value is -1.23. The predicted molar refractivity (Wildman–Crippen MR) is 67.8 cm³/mol. The van der Waals surface area contributed by atoms with Gasteiger partial charge in [-0.25, -0.2) is 0 Å². The number of benzene rings is 1. The molecule has 0 saturated heterocycles. The van der Waals surface area contributed by atoms with Crippen LogP contribution in [0.25, 0.3) is 0 Å². The Morgan fingerprint density at radius 3 is 2.44 bits per heavy atom. The van der Waals surface area contributed by atoms with Crippen LogP contribution in [0, 0.1) is 0 Å². The third-order valence-corrected chi connectivity index (χ3v) is 2.72. The standard InChI is InChI=1S/C13H19F3N2/c1-4-7-18(3)12-6-5-10(9-17-2)8-11(12)13(14,15)16/h5-6,8,17H,4,7,9H2,1-3H3. The van der Waals surface area contributed by atoms with Gasteiger partial charge in [0.05, 0.1) is 5.56 Å². The molecule has 102 valence electrons. The molecule has 1 N–H and O–H groups in total. The van der Waals surface area contributed by atoms with Crippen molar-refractivity contribution in [2.75, 3.05) is 25.5 Å². The average molecular weight is 260 g/mol. The Kier molecular flexibility index (Phi) is 5.02. The van der Waals surface area contributed by atoms with Gasteiger partial charge in [-0.1, -0.05) is 13.0 Å². The minimum Gasteiger partial charge on any atom is -0.374 e. The third-order valence-electron chi connectivity index (χ3n) is 2.72. The number of halogens is 3. The summed E-state index contributed by atoms with van der Waals surface area (Å²) in [5.74, 6) is 0. The summed E-state index contributed by atoms with van der Waals surface area (Å²) < 4.78 is 39.1. The zero-order valence-electron chi connectivity index (χ0n) is 10.9. The first-order valence-electron chi connectivity index (χ1n) is 5.96. The van der Waals surface area contributed by atoms with E-state index in [0.29, 0.717) is 18.7 Å². The molecule has 0 atom stereocenters. The second-order valence-corrected chi connectivity index (χ2v) is 4.30. The molecule has 0 bridgehead atoms. The van der Waals surface area contributed by atoms with E-state index in [0.717, 1.165) is 6.42 Å². The first-order valence-corrected chi connectivity index (χ1v) is 5.96.